The fourth-order valence-corrected chi connectivity index (χ4v) is 4.47. The van der Waals surface area contributed by atoms with Gasteiger partial charge in [-0.2, -0.15) is 5.10 Å². The van der Waals surface area contributed by atoms with Crippen molar-refractivity contribution in [3.05, 3.63) is 70.2 Å². The summed E-state index contributed by atoms with van der Waals surface area (Å²) >= 11 is 0. The van der Waals surface area contributed by atoms with Gasteiger partial charge in [-0.15, -0.1) is 12.4 Å². The second kappa shape index (κ2) is 9.95. The van der Waals surface area contributed by atoms with Gasteiger partial charge in [0.15, 0.2) is 0 Å². The van der Waals surface area contributed by atoms with Crippen LogP contribution in [0.15, 0.2) is 47.9 Å². The van der Waals surface area contributed by atoms with Crippen LogP contribution in [-0.4, -0.2) is 44.1 Å². The van der Waals surface area contributed by atoms with E-state index in [0.29, 0.717) is 29.6 Å². The van der Waals surface area contributed by atoms with Crippen molar-refractivity contribution in [2.75, 3.05) is 13.7 Å². The van der Waals surface area contributed by atoms with Crippen LogP contribution in [0.5, 0.6) is 5.75 Å². The molecule has 0 radical (unpaired) electrons. The summed E-state index contributed by atoms with van der Waals surface area (Å²) in [5, 5.41) is 4.77. The Morgan fingerprint density at radius 3 is 2.74 bits per heavy atom. The third-order valence-electron chi connectivity index (χ3n) is 6.28. The van der Waals surface area contributed by atoms with Crippen LogP contribution in [0.1, 0.15) is 29.5 Å². The molecule has 34 heavy (non-hydrogen) atoms. The summed E-state index contributed by atoms with van der Waals surface area (Å²) in [6.07, 6.45) is 9.92. The Balaban J connectivity index is 0.00000274. The largest absolute Gasteiger partial charge is 0.494 e. The lowest BCUT2D eigenvalue weighted by Crippen LogP contribution is -2.27. The molecule has 8 nitrogen and oxygen atoms in total. The molecule has 4 aromatic rings. The average Bonchev–Trinajstić information content (AvgIpc) is 3.49. The molecular weight excluding hydrogens is 454 g/mol. The number of rotatable bonds is 6. The summed E-state index contributed by atoms with van der Waals surface area (Å²) in [7, 11) is 3.51. The molecule has 3 aromatic heterocycles. The highest BCUT2D eigenvalue weighted by atomic mass is 35.5. The number of aromatic nitrogens is 5. The Kier molecular flexibility index (Phi) is 7.00. The van der Waals surface area contributed by atoms with Crippen LogP contribution in [-0.2, 0) is 24.8 Å². The lowest BCUT2D eigenvalue weighted by Gasteiger charge is -2.16. The number of hydrogen-bond donors (Lipinski definition) is 0. The third-order valence-corrected chi connectivity index (χ3v) is 6.28. The minimum Gasteiger partial charge on any atom is -0.494 e. The first-order chi connectivity index (χ1) is 16.0. The van der Waals surface area contributed by atoms with Gasteiger partial charge in [-0.05, 0) is 55.0 Å². The van der Waals surface area contributed by atoms with Gasteiger partial charge in [0.1, 0.15) is 11.3 Å². The summed E-state index contributed by atoms with van der Waals surface area (Å²) in [6, 6.07) is 6.00. The molecule has 1 unspecified atom stereocenters. The van der Waals surface area contributed by atoms with Crippen molar-refractivity contribution in [1.82, 2.24) is 24.3 Å². The molecule has 1 saturated heterocycles. The normalized spacial score (nSPS) is 15.4. The zero-order chi connectivity index (χ0) is 22.9. The summed E-state index contributed by atoms with van der Waals surface area (Å²) in [5.41, 5.74) is 5.42. The molecule has 4 heterocycles. The molecule has 1 fully saturated rings. The fourth-order valence-electron chi connectivity index (χ4n) is 4.47. The minimum absolute atomic E-state index is 0. The standard InChI is InChI=1S/C25H27N5O3.ClH/c1-16-18(9-17-6-7-22(26-11-17)19-12-28-29(2)13-19)10-21-23(24(16)32-3)27-15-30(25(21)31)14-20-5-4-8-33-20;/h6-7,10-13,15,20H,4-5,8-9,14H2,1-3H3;1H. The van der Waals surface area contributed by atoms with Crippen LogP contribution in [0.2, 0.25) is 0 Å². The maximum atomic E-state index is 13.3. The second-order valence-corrected chi connectivity index (χ2v) is 8.56. The first-order valence-corrected chi connectivity index (χ1v) is 11.1. The quantitative estimate of drug-likeness (QED) is 0.417. The van der Waals surface area contributed by atoms with Crippen LogP contribution < -0.4 is 10.3 Å². The van der Waals surface area contributed by atoms with Gasteiger partial charge in [0.05, 0.1) is 43.4 Å². The number of aryl methyl sites for hydroxylation is 1. The van der Waals surface area contributed by atoms with E-state index in [1.807, 2.05) is 38.5 Å². The number of halogens is 1. The molecule has 0 spiro atoms. The number of ether oxygens (including phenoxy) is 2. The van der Waals surface area contributed by atoms with Crippen molar-refractivity contribution < 1.29 is 9.47 Å². The van der Waals surface area contributed by atoms with Crippen LogP contribution in [0.4, 0.5) is 0 Å². The van der Waals surface area contributed by atoms with Crippen molar-refractivity contribution in [3.63, 3.8) is 0 Å². The first-order valence-electron chi connectivity index (χ1n) is 11.1. The maximum Gasteiger partial charge on any atom is 0.261 e. The summed E-state index contributed by atoms with van der Waals surface area (Å²) < 4.78 is 14.8. The maximum absolute atomic E-state index is 13.3. The topological polar surface area (TPSA) is 84.1 Å². The van der Waals surface area contributed by atoms with E-state index in [4.69, 9.17) is 9.47 Å². The predicted octanol–water partition coefficient (Wildman–Crippen LogP) is 3.70. The van der Waals surface area contributed by atoms with Gasteiger partial charge in [-0.1, -0.05) is 6.07 Å². The van der Waals surface area contributed by atoms with Crippen molar-refractivity contribution in [2.24, 2.45) is 7.05 Å². The molecule has 178 valence electrons. The van der Waals surface area contributed by atoms with Gasteiger partial charge < -0.3 is 9.47 Å². The predicted molar refractivity (Wildman–Crippen MR) is 133 cm³/mol. The molecule has 1 aromatic carbocycles. The molecule has 1 atom stereocenters. The highest BCUT2D eigenvalue weighted by molar-refractivity contribution is 5.86. The van der Waals surface area contributed by atoms with E-state index in [1.54, 1.807) is 28.9 Å². The zero-order valence-corrected chi connectivity index (χ0v) is 20.3. The molecule has 0 aliphatic carbocycles. The number of fused-ring (bicyclic) bond motifs is 1. The molecule has 0 amide bonds. The highest BCUT2D eigenvalue weighted by Crippen LogP contribution is 2.31. The van der Waals surface area contributed by atoms with Crippen LogP contribution >= 0.6 is 12.4 Å². The third kappa shape index (κ3) is 4.56. The Morgan fingerprint density at radius 2 is 2.09 bits per heavy atom. The second-order valence-electron chi connectivity index (χ2n) is 8.56. The molecule has 1 aliphatic rings. The van der Waals surface area contributed by atoms with E-state index < -0.39 is 0 Å². The Labute approximate surface area is 204 Å². The Morgan fingerprint density at radius 1 is 1.24 bits per heavy atom. The van der Waals surface area contributed by atoms with Gasteiger partial charge in [0.2, 0.25) is 0 Å². The number of benzene rings is 1. The minimum atomic E-state index is -0.0694. The molecular formula is C25H28ClN5O3. The Hall–Kier alpha value is -3.23. The van der Waals surface area contributed by atoms with Crippen LogP contribution in [0.3, 0.4) is 0 Å². The monoisotopic (exact) mass is 481 g/mol. The molecule has 9 heteroatoms. The van der Waals surface area contributed by atoms with Gasteiger partial charge in [-0.3, -0.25) is 19.0 Å². The number of nitrogens with zero attached hydrogens (tertiary/aromatic N) is 5. The van der Waals surface area contributed by atoms with Gasteiger partial charge in [0, 0.05) is 31.6 Å². The highest BCUT2D eigenvalue weighted by Gasteiger charge is 2.20. The van der Waals surface area contributed by atoms with E-state index in [2.05, 4.69) is 21.1 Å². The smallest absolute Gasteiger partial charge is 0.261 e. The van der Waals surface area contributed by atoms with Crippen LogP contribution in [0.25, 0.3) is 22.2 Å². The van der Waals surface area contributed by atoms with E-state index >= 15 is 0 Å². The molecule has 0 saturated carbocycles. The summed E-state index contributed by atoms with van der Waals surface area (Å²) in [4.78, 5) is 22.5. The van der Waals surface area contributed by atoms with Crippen LogP contribution in [0, 0.1) is 6.92 Å². The van der Waals surface area contributed by atoms with Crippen molar-refractivity contribution in [2.45, 2.75) is 38.8 Å². The van der Waals surface area contributed by atoms with Crippen molar-refractivity contribution in [3.8, 4) is 17.0 Å². The molecule has 5 rings (SSSR count). The molecule has 1 aliphatic heterocycles. The zero-order valence-electron chi connectivity index (χ0n) is 19.5. The SMILES string of the molecule is COc1c(C)c(Cc2ccc(-c3cnn(C)c3)nc2)cc2c(=O)n(CC3CCCO3)cnc12.Cl. The lowest BCUT2D eigenvalue weighted by atomic mass is 9.98. The average molecular weight is 482 g/mol. The van der Waals surface area contributed by atoms with E-state index in [9.17, 15) is 4.79 Å². The first kappa shape index (κ1) is 23.9. The van der Waals surface area contributed by atoms with Gasteiger partial charge in [-0.25, -0.2) is 4.98 Å². The number of pyridine rings is 1. The van der Waals surface area contributed by atoms with E-state index in [1.165, 1.54) is 0 Å². The van der Waals surface area contributed by atoms with E-state index in [0.717, 1.165) is 47.4 Å². The van der Waals surface area contributed by atoms with E-state index in [-0.39, 0.29) is 24.1 Å². The van der Waals surface area contributed by atoms with Gasteiger partial charge in [0.25, 0.3) is 5.56 Å². The summed E-state index contributed by atoms with van der Waals surface area (Å²) in [6.45, 7) is 3.28. The number of hydrogen-bond acceptors (Lipinski definition) is 6. The Bertz CT molecular complexity index is 1360. The molecule has 0 bridgehead atoms. The van der Waals surface area contributed by atoms with Crippen molar-refractivity contribution in [1.29, 1.82) is 0 Å². The molecule has 0 N–H and O–H groups in total. The number of methoxy groups -OCH3 is 1. The van der Waals surface area contributed by atoms with Crippen molar-refractivity contribution >= 4 is 23.3 Å². The van der Waals surface area contributed by atoms with Gasteiger partial charge >= 0.3 is 0 Å². The summed E-state index contributed by atoms with van der Waals surface area (Å²) in [5.74, 6) is 0.642. The fraction of sp³-hybridized carbons (Fsp3) is 0.360. The lowest BCUT2D eigenvalue weighted by molar-refractivity contribution is 0.0960.